The molecule has 5 rings (SSSR count). The van der Waals surface area contributed by atoms with E-state index >= 15 is 0 Å². The number of halogens is 3. The van der Waals surface area contributed by atoms with E-state index in [0.29, 0.717) is 35.6 Å². The molecule has 2 fully saturated rings. The molecule has 2 aromatic heterocycles. The predicted octanol–water partition coefficient (Wildman–Crippen LogP) is 5.08. The van der Waals surface area contributed by atoms with E-state index in [2.05, 4.69) is 42.8 Å². The first kappa shape index (κ1) is 29.7. The fourth-order valence-corrected chi connectivity index (χ4v) is 5.97. The molecule has 3 N–H and O–H groups in total. The lowest BCUT2D eigenvalue weighted by Crippen LogP contribution is -2.44. The van der Waals surface area contributed by atoms with Gasteiger partial charge >= 0.3 is 6.18 Å². The summed E-state index contributed by atoms with van der Waals surface area (Å²) >= 11 is 1.27. The van der Waals surface area contributed by atoms with Crippen molar-refractivity contribution in [3.8, 4) is 0 Å². The fourth-order valence-electron chi connectivity index (χ4n) is 5.44. The van der Waals surface area contributed by atoms with Crippen LogP contribution in [-0.4, -0.2) is 75.8 Å². The van der Waals surface area contributed by atoms with Crippen molar-refractivity contribution in [2.75, 3.05) is 43.1 Å². The van der Waals surface area contributed by atoms with Crippen molar-refractivity contribution in [2.45, 2.75) is 50.4 Å². The van der Waals surface area contributed by atoms with Gasteiger partial charge in [0.25, 0.3) is 5.91 Å². The number of nitrogens with zero attached hydrogens (tertiary/aromatic N) is 5. The van der Waals surface area contributed by atoms with Gasteiger partial charge in [0, 0.05) is 48.2 Å². The smallest absolute Gasteiger partial charge is 0.366 e. The molecule has 42 heavy (non-hydrogen) atoms. The number of piperidine rings is 1. The Balaban J connectivity index is 1.28. The van der Waals surface area contributed by atoms with Crippen molar-refractivity contribution in [3.63, 3.8) is 0 Å². The van der Waals surface area contributed by atoms with E-state index in [4.69, 9.17) is 0 Å². The molecule has 0 unspecified atom stereocenters. The zero-order valence-corrected chi connectivity index (χ0v) is 24.1. The zero-order valence-electron chi connectivity index (χ0n) is 23.3. The van der Waals surface area contributed by atoms with Crippen molar-refractivity contribution in [2.24, 2.45) is 5.92 Å². The predicted molar refractivity (Wildman–Crippen MR) is 155 cm³/mol. The minimum Gasteiger partial charge on any atom is -0.366 e. The molecule has 10 nitrogen and oxygen atoms in total. The van der Waals surface area contributed by atoms with Crippen molar-refractivity contribution in [1.29, 1.82) is 0 Å². The Morgan fingerprint density at radius 2 is 1.81 bits per heavy atom. The normalized spacial score (nSPS) is 19.8. The SMILES string of the molecule is CN1CCC(N(C)C(=O)c2ccc(Nc3ncc(C(F)(F)F)c(N[C@@H]4CCC[C@@H]4C(=O)Nc4nccs4)n3)cc2)CC1. The Morgan fingerprint density at radius 1 is 1.07 bits per heavy atom. The largest absolute Gasteiger partial charge is 0.421 e. The number of amides is 2. The molecule has 0 spiro atoms. The third kappa shape index (κ3) is 6.98. The van der Waals surface area contributed by atoms with Crippen LogP contribution < -0.4 is 16.0 Å². The second kappa shape index (κ2) is 12.6. The van der Waals surface area contributed by atoms with Gasteiger partial charge < -0.3 is 25.8 Å². The van der Waals surface area contributed by atoms with Crippen LogP contribution in [0.3, 0.4) is 0 Å². The van der Waals surface area contributed by atoms with E-state index < -0.39 is 29.5 Å². The van der Waals surface area contributed by atoms with Gasteiger partial charge in [0.1, 0.15) is 11.4 Å². The number of likely N-dealkylation sites (tertiary alicyclic amines) is 1. The topological polar surface area (TPSA) is 115 Å². The van der Waals surface area contributed by atoms with Crippen molar-refractivity contribution >= 4 is 45.7 Å². The standard InChI is InChI=1S/C28H33F3N8O2S/c1-38-13-10-19(11-14-38)39(2)25(41)17-6-8-18(9-7-17)34-26-33-16-21(28(29,30)31)23(36-26)35-22-5-3-4-20(22)24(40)37-27-32-12-15-42-27/h6-9,12,15-16,19-20,22H,3-5,10-11,13-14H2,1-2H3,(H,32,37,40)(H2,33,34,35,36)/t20-,22+/m0/s1. The van der Waals surface area contributed by atoms with Crippen LogP contribution in [0.25, 0.3) is 0 Å². The minimum absolute atomic E-state index is 0.0465. The monoisotopic (exact) mass is 602 g/mol. The number of carbonyl (C=O) groups is 2. The number of anilines is 4. The molecule has 1 saturated heterocycles. The lowest BCUT2D eigenvalue weighted by atomic mass is 10.0. The van der Waals surface area contributed by atoms with Gasteiger partial charge in [-0.3, -0.25) is 9.59 Å². The average Bonchev–Trinajstić information content (AvgIpc) is 3.65. The molecule has 2 amide bonds. The van der Waals surface area contributed by atoms with Gasteiger partial charge in [-0.25, -0.2) is 9.97 Å². The van der Waals surface area contributed by atoms with E-state index in [1.165, 1.54) is 11.3 Å². The summed E-state index contributed by atoms with van der Waals surface area (Å²) in [6.45, 7) is 1.88. The van der Waals surface area contributed by atoms with E-state index in [-0.39, 0.29) is 23.8 Å². The van der Waals surface area contributed by atoms with Crippen LogP contribution in [0, 0.1) is 5.92 Å². The number of aromatic nitrogens is 3. The molecule has 3 heterocycles. The first-order valence-electron chi connectivity index (χ1n) is 13.8. The molecular formula is C28H33F3N8O2S. The first-order chi connectivity index (χ1) is 20.1. The summed E-state index contributed by atoms with van der Waals surface area (Å²) < 4.78 is 41.6. The molecule has 1 aliphatic carbocycles. The van der Waals surface area contributed by atoms with Crippen molar-refractivity contribution in [1.82, 2.24) is 24.8 Å². The third-order valence-electron chi connectivity index (χ3n) is 7.88. The van der Waals surface area contributed by atoms with Crippen LogP contribution in [0.2, 0.25) is 0 Å². The van der Waals surface area contributed by atoms with Crippen molar-refractivity contribution < 1.29 is 22.8 Å². The lowest BCUT2D eigenvalue weighted by molar-refractivity contribution is -0.137. The molecule has 14 heteroatoms. The van der Waals surface area contributed by atoms with Gasteiger partial charge in [0.05, 0.1) is 5.92 Å². The molecule has 2 aliphatic rings. The molecule has 224 valence electrons. The van der Waals surface area contributed by atoms with Crippen LogP contribution >= 0.6 is 11.3 Å². The minimum atomic E-state index is -4.69. The number of benzene rings is 1. The summed E-state index contributed by atoms with van der Waals surface area (Å²) in [4.78, 5) is 42.0. The van der Waals surface area contributed by atoms with Crippen LogP contribution in [0.1, 0.15) is 48.0 Å². The number of alkyl halides is 3. The highest BCUT2D eigenvalue weighted by atomic mass is 32.1. The molecular weight excluding hydrogens is 569 g/mol. The van der Waals surface area contributed by atoms with Gasteiger partial charge in [0.15, 0.2) is 5.13 Å². The number of hydrogen-bond donors (Lipinski definition) is 3. The van der Waals surface area contributed by atoms with E-state index in [1.807, 2.05) is 7.05 Å². The Kier molecular flexibility index (Phi) is 8.92. The van der Waals surface area contributed by atoms with Crippen molar-refractivity contribution in [3.05, 3.63) is 53.2 Å². The van der Waals surface area contributed by atoms with Crippen LogP contribution in [-0.2, 0) is 11.0 Å². The summed E-state index contributed by atoms with van der Waals surface area (Å²) in [6, 6.07) is 6.31. The summed E-state index contributed by atoms with van der Waals surface area (Å²) in [7, 11) is 3.88. The molecule has 1 aliphatic heterocycles. The van der Waals surface area contributed by atoms with E-state index in [9.17, 15) is 22.8 Å². The summed E-state index contributed by atoms with van der Waals surface area (Å²) in [6.07, 6.45) is 1.16. The third-order valence-corrected chi connectivity index (χ3v) is 8.56. The maximum atomic E-state index is 13.9. The van der Waals surface area contributed by atoms with Gasteiger partial charge in [-0.2, -0.15) is 18.2 Å². The molecule has 0 radical (unpaired) electrons. The Morgan fingerprint density at radius 3 is 2.48 bits per heavy atom. The van der Waals surface area contributed by atoms with Gasteiger partial charge in [0.2, 0.25) is 11.9 Å². The lowest BCUT2D eigenvalue weighted by Gasteiger charge is -2.35. The van der Waals surface area contributed by atoms with Gasteiger partial charge in [-0.15, -0.1) is 11.3 Å². The highest BCUT2D eigenvalue weighted by Gasteiger charge is 2.39. The van der Waals surface area contributed by atoms with Crippen LogP contribution in [0.15, 0.2) is 42.0 Å². The highest BCUT2D eigenvalue weighted by molar-refractivity contribution is 7.13. The number of thiazole rings is 1. The molecule has 3 aromatic rings. The highest BCUT2D eigenvalue weighted by Crippen LogP contribution is 2.37. The Bertz CT molecular complexity index is 1380. The van der Waals surface area contributed by atoms with Gasteiger partial charge in [-0.1, -0.05) is 6.42 Å². The molecule has 0 bridgehead atoms. The van der Waals surface area contributed by atoms with Gasteiger partial charge in [-0.05, 0) is 70.1 Å². The summed E-state index contributed by atoms with van der Waals surface area (Å²) in [5, 5.41) is 10.7. The molecule has 1 saturated carbocycles. The maximum Gasteiger partial charge on any atom is 0.421 e. The van der Waals surface area contributed by atoms with Crippen LogP contribution in [0.5, 0.6) is 0 Å². The molecule has 1 aromatic carbocycles. The number of rotatable bonds is 8. The zero-order chi connectivity index (χ0) is 29.9. The Labute approximate surface area is 245 Å². The number of hydrogen-bond acceptors (Lipinski definition) is 9. The summed E-state index contributed by atoms with van der Waals surface area (Å²) in [5.41, 5.74) is 0.0127. The second-order valence-corrected chi connectivity index (χ2v) is 11.6. The average molecular weight is 603 g/mol. The molecule has 2 atom stereocenters. The maximum absolute atomic E-state index is 13.9. The Hall–Kier alpha value is -3.78. The second-order valence-electron chi connectivity index (χ2n) is 10.7. The van der Waals surface area contributed by atoms with E-state index in [1.54, 1.807) is 40.7 Å². The first-order valence-corrected chi connectivity index (χ1v) is 14.7. The number of nitrogens with one attached hydrogen (secondary N) is 3. The van der Waals surface area contributed by atoms with Crippen LogP contribution in [0.4, 0.5) is 35.8 Å². The summed E-state index contributed by atoms with van der Waals surface area (Å²) in [5.74, 6) is -1.37. The fraction of sp³-hybridized carbons (Fsp3) is 0.464. The quantitative estimate of drug-likeness (QED) is 0.327. The van der Waals surface area contributed by atoms with E-state index in [0.717, 1.165) is 32.1 Å². The number of carbonyl (C=O) groups excluding carboxylic acids is 2.